The number of nitrogens with one attached hydrogen (secondary N) is 1. The van der Waals surface area contributed by atoms with Crippen LogP contribution in [0.4, 0.5) is 5.69 Å². The third-order valence-corrected chi connectivity index (χ3v) is 4.46. The van der Waals surface area contributed by atoms with E-state index in [2.05, 4.69) is 17.4 Å². The van der Waals surface area contributed by atoms with Crippen LogP contribution in [0.5, 0.6) is 11.5 Å². The Morgan fingerprint density at radius 2 is 2.00 bits per heavy atom. The van der Waals surface area contributed by atoms with Crippen molar-refractivity contribution < 1.29 is 9.47 Å². The number of fused-ring (bicyclic) bond motifs is 3. The zero-order chi connectivity index (χ0) is 11.2. The molecule has 0 saturated heterocycles. The fourth-order valence-corrected chi connectivity index (χ4v) is 3.62. The van der Waals surface area contributed by atoms with Gasteiger partial charge >= 0.3 is 0 Å². The third-order valence-electron chi connectivity index (χ3n) is 4.46. The lowest BCUT2D eigenvalue weighted by Gasteiger charge is -2.24. The molecule has 1 aromatic carbocycles. The van der Waals surface area contributed by atoms with Crippen LogP contribution in [-0.2, 0) is 0 Å². The summed E-state index contributed by atoms with van der Waals surface area (Å²) in [6.07, 6.45) is 5.64. The fraction of sp³-hybridized carbons (Fsp3) is 0.571. The van der Waals surface area contributed by atoms with Gasteiger partial charge in [-0.25, -0.2) is 0 Å². The molecular weight excluding hydrogens is 214 g/mol. The van der Waals surface area contributed by atoms with Crippen molar-refractivity contribution in [3.05, 3.63) is 18.2 Å². The monoisotopic (exact) mass is 231 g/mol. The quantitative estimate of drug-likeness (QED) is 0.848. The largest absolute Gasteiger partial charge is 0.454 e. The summed E-state index contributed by atoms with van der Waals surface area (Å²) in [5.41, 5.74) is 1.17. The van der Waals surface area contributed by atoms with Crippen LogP contribution in [0, 0.1) is 11.8 Å². The Labute approximate surface area is 101 Å². The lowest BCUT2D eigenvalue weighted by molar-refractivity contribution is 0.174. The minimum Gasteiger partial charge on any atom is -0.454 e. The summed E-state index contributed by atoms with van der Waals surface area (Å²) in [4.78, 5) is 0. The van der Waals surface area contributed by atoms with Crippen molar-refractivity contribution in [3.8, 4) is 11.5 Å². The maximum absolute atomic E-state index is 5.40. The molecule has 1 aliphatic heterocycles. The molecule has 3 heteroatoms. The second kappa shape index (κ2) is 3.56. The maximum atomic E-state index is 5.40. The average molecular weight is 231 g/mol. The third kappa shape index (κ3) is 1.56. The van der Waals surface area contributed by atoms with Crippen LogP contribution in [-0.4, -0.2) is 12.8 Å². The molecule has 1 aromatic rings. The SMILES string of the molecule is c1cc2c(cc1N[C@H]1C[C@H]3CC[C@@H]1C3)OCO2. The first kappa shape index (κ1) is 9.63. The highest BCUT2D eigenvalue weighted by atomic mass is 16.7. The van der Waals surface area contributed by atoms with Crippen molar-refractivity contribution in [2.24, 2.45) is 11.8 Å². The van der Waals surface area contributed by atoms with Gasteiger partial charge in [-0.05, 0) is 43.2 Å². The van der Waals surface area contributed by atoms with Crippen molar-refractivity contribution in [1.82, 2.24) is 0 Å². The van der Waals surface area contributed by atoms with Crippen LogP contribution in [0.25, 0.3) is 0 Å². The Morgan fingerprint density at radius 1 is 1.06 bits per heavy atom. The molecule has 17 heavy (non-hydrogen) atoms. The molecule has 0 radical (unpaired) electrons. The van der Waals surface area contributed by atoms with E-state index >= 15 is 0 Å². The first-order valence-electron chi connectivity index (χ1n) is 6.55. The van der Waals surface area contributed by atoms with Crippen molar-refractivity contribution in [2.75, 3.05) is 12.1 Å². The minimum absolute atomic E-state index is 0.354. The highest BCUT2D eigenvalue weighted by molar-refractivity contribution is 5.56. The molecular formula is C14H17NO2. The first-order valence-corrected chi connectivity index (χ1v) is 6.55. The van der Waals surface area contributed by atoms with Gasteiger partial charge in [0.1, 0.15) is 0 Å². The second-order valence-electron chi connectivity index (χ2n) is 5.49. The van der Waals surface area contributed by atoms with Gasteiger partial charge in [0.05, 0.1) is 0 Å². The van der Waals surface area contributed by atoms with E-state index in [9.17, 15) is 0 Å². The summed E-state index contributed by atoms with van der Waals surface area (Å²) in [6.45, 7) is 0.354. The molecule has 3 nitrogen and oxygen atoms in total. The Kier molecular flexibility index (Phi) is 2.01. The van der Waals surface area contributed by atoms with Crippen molar-refractivity contribution in [2.45, 2.75) is 31.7 Å². The van der Waals surface area contributed by atoms with E-state index in [1.807, 2.05) is 6.07 Å². The van der Waals surface area contributed by atoms with Gasteiger partial charge in [0.15, 0.2) is 11.5 Å². The molecule has 2 fully saturated rings. The van der Waals surface area contributed by atoms with Crippen molar-refractivity contribution >= 4 is 5.69 Å². The van der Waals surface area contributed by atoms with Gasteiger partial charge in [0.2, 0.25) is 6.79 Å². The smallest absolute Gasteiger partial charge is 0.231 e. The Hall–Kier alpha value is -1.38. The van der Waals surface area contributed by atoms with Crippen LogP contribution >= 0.6 is 0 Å². The van der Waals surface area contributed by atoms with Gasteiger partial charge in [0.25, 0.3) is 0 Å². The van der Waals surface area contributed by atoms with E-state index in [4.69, 9.17) is 9.47 Å². The lowest BCUT2D eigenvalue weighted by atomic mass is 9.95. The second-order valence-corrected chi connectivity index (χ2v) is 5.49. The van der Waals surface area contributed by atoms with Crippen molar-refractivity contribution in [1.29, 1.82) is 0 Å². The summed E-state index contributed by atoms with van der Waals surface area (Å²) in [5, 5.41) is 3.67. The number of rotatable bonds is 2. The first-order chi connectivity index (χ1) is 8.38. The summed E-state index contributed by atoms with van der Waals surface area (Å²) in [6, 6.07) is 6.83. The molecule has 4 rings (SSSR count). The predicted octanol–water partition coefficient (Wildman–Crippen LogP) is 3.02. The average Bonchev–Trinajstić information content (AvgIpc) is 3.03. The lowest BCUT2D eigenvalue weighted by Crippen LogP contribution is -2.25. The molecule has 0 spiro atoms. The van der Waals surface area contributed by atoms with Gasteiger partial charge < -0.3 is 14.8 Å². The highest BCUT2D eigenvalue weighted by Crippen LogP contribution is 2.46. The zero-order valence-electron chi connectivity index (χ0n) is 9.82. The molecule has 0 unspecified atom stereocenters. The summed E-state index contributed by atoms with van der Waals surface area (Å²) in [5.74, 6) is 3.61. The molecule has 3 aliphatic rings. The van der Waals surface area contributed by atoms with E-state index < -0.39 is 0 Å². The Balaban J connectivity index is 1.52. The van der Waals surface area contributed by atoms with Gasteiger partial charge in [-0.2, -0.15) is 0 Å². The van der Waals surface area contributed by atoms with Crippen LogP contribution < -0.4 is 14.8 Å². The predicted molar refractivity (Wildman–Crippen MR) is 65.4 cm³/mol. The number of benzene rings is 1. The van der Waals surface area contributed by atoms with Gasteiger partial charge in [-0.3, -0.25) is 0 Å². The molecule has 2 saturated carbocycles. The Morgan fingerprint density at radius 3 is 2.82 bits per heavy atom. The number of hydrogen-bond acceptors (Lipinski definition) is 3. The normalized spacial score (nSPS) is 33.1. The molecule has 0 amide bonds. The molecule has 2 aliphatic carbocycles. The van der Waals surface area contributed by atoms with E-state index in [1.165, 1.54) is 31.4 Å². The molecule has 1 N–H and O–H groups in total. The minimum atomic E-state index is 0.354. The maximum Gasteiger partial charge on any atom is 0.231 e. The van der Waals surface area contributed by atoms with Crippen LogP contribution in [0.2, 0.25) is 0 Å². The van der Waals surface area contributed by atoms with E-state index in [-0.39, 0.29) is 0 Å². The van der Waals surface area contributed by atoms with Crippen molar-refractivity contribution in [3.63, 3.8) is 0 Å². The summed E-state index contributed by atoms with van der Waals surface area (Å²) < 4.78 is 10.7. The molecule has 2 bridgehead atoms. The van der Waals surface area contributed by atoms with Gasteiger partial charge in [-0.15, -0.1) is 0 Å². The van der Waals surface area contributed by atoms with E-state index in [1.54, 1.807) is 0 Å². The standard InChI is InChI=1S/C14H17NO2/c1-2-10-5-9(1)6-12(10)15-11-3-4-13-14(7-11)17-8-16-13/h3-4,7,9-10,12,15H,1-2,5-6,8H2/t9-,10+,12-/m0/s1. The number of ether oxygens (including phenoxy) is 2. The molecule has 1 heterocycles. The van der Waals surface area contributed by atoms with Gasteiger partial charge in [0, 0.05) is 17.8 Å². The molecule has 90 valence electrons. The number of hydrogen-bond donors (Lipinski definition) is 1. The van der Waals surface area contributed by atoms with E-state index in [0.29, 0.717) is 12.8 Å². The number of anilines is 1. The fourth-order valence-electron chi connectivity index (χ4n) is 3.62. The van der Waals surface area contributed by atoms with Crippen LogP contribution in [0.15, 0.2) is 18.2 Å². The summed E-state index contributed by atoms with van der Waals surface area (Å²) in [7, 11) is 0. The van der Waals surface area contributed by atoms with E-state index in [0.717, 1.165) is 23.3 Å². The van der Waals surface area contributed by atoms with Crippen LogP contribution in [0.3, 0.4) is 0 Å². The molecule has 3 atom stereocenters. The Bertz CT molecular complexity index is 446. The highest BCUT2D eigenvalue weighted by Gasteiger charge is 2.39. The van der Waals surface area contributed by atoms with Crippen LogP contribution in [0.1, 0.15) is 25.7 Å². The van der Waals surface area contributed by atoms with Gasteiger partial charge in [-0.1, -0.05) is 6.42 Å². The summed E-state index contributed by atoms with van der Waals surface area (Å²) >= 11 is 0. The topological polar surface area (TPSA) is 30.5 Å². The molecule has 0 aromatic heterocycles. The zero-order valence-corrected chi connectivity index (χ0v) is 9.82.